The maximum Gasteiger partial charge on any atom is 0.515 e. The van der Waals surface area contributed by atoms with E-state index in [4.69, 9.17) is 9.47 Å². The first-order valence-corrected chi connectivity index (χ1v) is 8.06. The summed E-state index contributed by atoms with van der Waals surface area (Å²) in [5, 5.41) is 4.15. The van der Waals surface area contributed by atoms with Gasteiger partial charge in [0, 0.05) is 29.4 Å². The molecular formula is C19H19N3O3. The Morgan fingerprint density at radius 2 is 1.92 bits per heavy atom. The van der Waals surface area contributed by atoms with Crippen LogP contribution < -0.4 is 10.1 Å². The van der Waals surface area contributed by atoms with Crippen molar-refractivity contribution in [3.05, 3.63) is 59.8 Å². The second kappa shape index (κ2) is 7.61. The molecule has 0 aliphatic carbocycles. The van der Waals surface area contributed by atoms with Crippen LogP contribution in [0.2, 0.25) is 0 Å². The molecule has 0 spiro atoms. The maximum atomic E-state index is 11.8. The van der Waals surface area contributed by atoms with Crippen LogP contribution in [0, 0.1) is 6.92 Å². The highest BCUT2D eigenvalue weighted by Crippen LogP contribution is 2.24. The molecule has 6 nitrogen and oxygen atoms in total. The molecule has 6 heteroatoms. The summed E-state index contributed by atoms with van der Waals surface area (Å²) < 4.78 is 10.2. The summed E-state index contributed by atoms with van der Waals surface area (Å²) in [6, 6.07) is 14.8. The van der Waals surface area contributed by atoms with Crippen LogP contribution >= 0.6 is 0 Å². The molecule has 0 saturated heterocycles. The minimum absolute atomic E-state index is 0.148. The average molecular weight is 337 g/mol. The summed E-state index contributed by atoms with van der Waals surface area (Å²) in [6.45, 7) is 4.86. The molecule has 0 bridgehead atoms. The predicted octanol–water partition coefficient (Wildman–Crippen LogP) is 4.09. The molecule has 0 saturated carbocycles. The van der Waals surface area contributed by atoms with Crippen molar-refractivity contribution in [1.82, 2.24) is 9.97 Å². The van der Waals surface area contributed by atoms with Gasteiger partial charge in [-0.25, -0.2) is 9.78 Å². The van der Waals surface area contributed by atoms with E-state index in [-0.39, 0.29) is 12.5 Å². The Labute approximate surface area is 145 Å². The molecule has 3 rings (SSSR count). The molecule has 2 heterocycles. The van der Waals surface area contributed by atoms with Gasteiger partial charge in [0.05, 0.1) is 0 Å². The Morgan fingerprint density at radius 1 is 1.12 bits per heavy atom. The lowest BCUT2D eigenvalue weighted by Gasteiger charge is -2.10. The number of hydrogen-bond donors (Lipinski definition) is 1. The van der Waals surface area contributed by atoms with Gasteiger partial charge in [-0.2, -0.15) is 4.98 Å². The quantitative estimate of drug-likeness (QED) is 0.707. The number of nitrogens with zero attached hydrogens (tertiary/aromatic N) is 2. The molecule has 0 fully saturated rings. The second-order valence-electron chi connectivity index (χ2n) is 5.49. The van der Waals surface area contributed by atoms with Gasteiger partial charge in [0.1, 0.15) is 6.61 Å². The number of rotatable bonds is 5. The smallest absolute Gasteiger partial charge is 0.429 e. The highest BCUT2D eigenvalue weighted by molar-refractivity contribution is 5.89. The fourth-order valence-corrected chi connectivity index (χ4v) is 2.44. The van der Waals surface area contributed by atoms with Crippen LogP contribution in [-0.4, -0.2) is 22.7 Å². The highest BCUT2D eigenvalue weighted by Gasteiger charge is 2.11. The Balaban J connectivity index is 1.72. The van der Waals surface area contributed by atoms with Gasteiger partial charge >= 0.3 is 6.16 Å². The molecule has 0 aliphatic heterocycles. The van der Waals surface area contributed by atoms with Crippen LogP contribution in [0.25, 0.3) is 11.0 Å². The Hall–Kier alpha value is -3.15. The van der Waals surface area contributed by atoms with Crippen LogP contribution in [0.15, 0.2) is 48.5 Å². The van der Waals surface area contributed by atoms with E-state index in [0.29, 0.717) is 5.65 Å². The first kappa shape index (κ1) is 16.7. The number of fused-ring (bicyclic) bond motifs is 1. The van der Waals surface area contributed by atoms with E-state index in [1.807, 2.05) is 56.3 Å². The van der Waals surface area contributed by atoms with Crippen LogP contribution in [-0.2, 0) is 11.3 Å². The zero-order valence-electron chi connectivity index (χ0n) is 14.2. The third-order valence-corrected chi connectivity index (χ3v) is 3.53. The minimum Gasteiger partial charge on any atom is -0.429 e. The number of aryl methyl sites for hydroxylation is 1. The van der Waals surface area contributed by atoms with Gasteiger partial charge in [0.25, 0.3) is 0 Å². The van der Waals surface area contributed by atoms with Crippen LogP contribution in [0.1, 0.15) is 18.2 Å². The number of nitrogens with one attached hydrogen (secondary N) is 1. The van der Waals surface area contributed by atoms with E-state index in [1.54, 1.807) is 6.07 Å². The summed E-state index contributed by atoms with van der Waals surface area (Å²) >= 11 is 0. The number of ether oxygens (including phenoxy) is 2. The lowest BCUT2D eigenvalue weighted by Crippen LogP contribution is -2.11. The number of carbonyl (C=O) groups is 1. The second-order valence-corrected chi connectivity index (χ2v) is 5.49. The molecule has 3 aromatic rings. The molecule has 25 heavy (non-hydrogen) atoms. The monoisotopic (exact) mass is 337 g/mol. The van der Waals surface area contributed by atoms with Crippen molar-refractivity contribution < 1.29 is 14.3 Å². The van der Waals surface area contributed by atoms with Crippen LogP contribution in [0.3, 0.4) is 0 Å². The summed E-state index contributed by atoms with van der Waals surface area (Å²) in [5.41, 5.74) is 3.19. The van der Waals surface area contributed by atoms with Gasteiger partial charge in [-0.3, -0.25) is 0 Å². The van der Waals surface area contributed by atoms with E-state index in [1.165, 1.54) is 0 Å². The maximum absolute atomic E-state index is 11.8. The van der Waals surface area contributed by atoms with Gasteiger partial charge in [-0.15, -0.1) is 0 Å². The Kier molecular flexibility index (Phi) is 5.09. The number of carbonyl (C=O) groups excluding carboxylic acids is 1. The Morgan fingerprint density at radius 3 is 2.68 bits per heavy atom. The third-order valence-electron chi connectivity index (χ3n) is 3.53. The van der Waals surface area contributed by atoms with Crippen molar-refractivity contribution in [3.63, 3.8) is 0 Å². The van der Waals surface area contributed by atoms with Crippen LogP contribution in [0.4, 0.5) is 10.5 Å². The largest absolute Gasteiger partial charge is 0.515 e. The first-order valence-electron chi connectivity index (χ1n) is 8.06. The third kappa shape index (κ3) is 4.23. The molecule has 2 aromatic heterocycles. The molecule has 1 N–H and O–H groups in total. The number of aromatic nitrogens is 2. The molecule has 0 unspecified atom stereocenters. The van der Waals surface area contributed by atoms with E-state index >= 15 is 0 Å². The predicted molar refractivity (Wildman–Crippen MR) is 95.7 cm³/mol. The van der Waals surface area contributed by atoms with Crippen molar-refractivity contribution >= 4 is 22.9 Å². The lowest BCUT2D eigenvalue weighted by molar-refractivity contribution is 0.0914. The van der Waals surface area contributed by atoms with Gasteiger partial charge in [0.15, 0.2) is 5.65 Å². The summed E-state index contributed by atoms with van der Waals surface area (Å²) in [7, 11) is 0. The van der Waals surface area contributed by atoms with Crippen molar-refractivity contribution in [3.8, 4) is 5.88 Å². The molecule has 128 valence electrons. The molecular weight excluding hydrogens is 318 g/mol. The van der Waals surface area contributed by atoms with E-state index in [0.717, 1.165) is 28.9 Å². The number of hydrogen-bond acceptors (Lipinski definition) is 6. The highest BCUT2D eigenvalue weighted by atomic mass is 16.7. The zero-order chi connectivity index (χ0) is 17.6. The molecule has 1 aromatic carbocycles. The molecule has 0 radical (unpaired) electrons. The average Bonchev–Trinajstić information content (AvgIpc) is 2.61. The molecule has 0 atom stereocenters. The van der Waals surface area contributed by atoms with Gasteiger partial charge in [-0.05, 0) is 31.5 Å². The Bertz CT molecular complexity index is 882. The minimum atomic E-state index is -0.796. The zero-order valence-corrected chi connectivity index (χ0v) is 14.2. The van der Waals surface area contributed by atoms with Gasteiger partial charge < -0.3 is 14.8 Å². The van der Waals surface area contributed by atoms with Crippen LogP contribution in [0.5, 0.6) is 5.88 Å². The number of pyridine rings is 2. The van der Waals surface area contributed by atoms with Gasteiger partial charge in [-0.1, -0.05) is 30.3 Å². The number of benzene rings is 1. The van der Waals surface area contributed by atoms with Crippen molar-refractivity contribution in [2.24, 2.45) is 0 Å². The lowest BCUT2D eigenvalue weighted by atomic mass is 10.2. The number of anilines is 1. The van der Waals surface area contributed by atoms with E-state index < -0.39 is 6.16 Å². The van der Waals surface area contributed by atoms with Crippen molar-refractivity contribution in [2.75, 3.05) is 11.9 Å². The SMILES string of the molecule is CCNc1cc(C)nc2nc(OC(=O)OCc3ccccc3)ccc12. The fourth-order valence-electron chi connectivity index (χ4n) is 2.44. The summed E-state index contributed by atoms with van der Waals surface area (Å²) in [4.78, 5) is 20.5. The van der Waals surface area contributed by atoms with Crippen molar-refractivity contribution in [2.45, 2.75) is 20.5 Å². The summed E-state index contributed by atoms with van der Waals surface area (Å²) in [5.74, 6) is 0.158. The fraction of sp³-hybridized carbons (Fsp3) is 0.211. The molecule has 0 amide bonds. The topological polar surface area (TPSA) is 73.3 Å². The van der Waals surface area contributed by atoms with E-state index in [9.17, 15) is 4.79 Å². The molecule has 0 aliphatic rings. The summed E-state index contributed by atoms with van der Waals surface area (Å²) in [6.07, 6.45) is -0.796. The standard InChI is InChI=1S/C19H19N3O3/c1-3-20-16-11-13(2)21-18-15(16)9-10-17(22-18)25-19(23)24-12-14-7-5-4-6-8-14/h4-11H,3,12H2,1-2H3,(H,20,21,22). The normalized spacial score (nSPS) is 10.5. The first-order chi connectivity index (χ1) is 12.2. The van der Waals surface area contributed by atoms with Crippen molar-refractivity contribution in [1.29, 1.82) is 0 Å². The van der Waals surface area contributed by atoms with E-state index in [2.05, 4.69) is 15.3 Å². The van der Waals surface area contributed by atoms with Gasteiger partial charge in [0.2, 0.25) is 5.88 Å².